The lowest BCUT2D eigenvalue weighted by Gasteiger charge is -2.08. The molecule has 1 rings (SSSR count). The minimum absolute atomic E-state index is 0.539. The van der Waals surface area contributed by atoms with Crippen molar-refractivity contribution in [2.45, 2.75) is 26.2 Å². The average molecular weight is 212 g/mol. The summed E-state index contributed by atoms with van der Waals surface area (Å²) in [5.41, 5.74) is 0. The van der Waals surface area contributed by atoms with Gasteiger partial charge in [-0.2, -0.15) is 4.98 Å². The van der Waals surface area contributed by atoms with Gasteiger partial charge in [-0.05, 0) is 33.5 Å². The van der Waals surface area contributed by atoms with Crippen LogP contribution in [0.2, 0.25) is 0 Å². The molecule has 0 saturated carbocycles. The molecule has 0 aliphatic heterocycles. The van der Waals surface area contributed by atoms with Crippen LogP contribution in [0.1, 0.15) is 25.6 Å². The standard InChI is InChI=1S/C10H20N4O/c1-4-6-9-12-10(15-13-9)11-7-5-8-14(2)3/h4-8H2,1-3H3,(H,11,12,13). The van der Waals surface area contributed by atoms with E-state index in [2.05, 4.69) is 41.4 Å². The maximum atomic E-state index is 5.04. The molecule has 15 heavy (non-hydrogen) atoms. The van der Waals surface area contributed by atoms with Crippen LogP contribution in [0.15, 0.2) is 4.52 Å². The van der Waals surface area contributed by atoms with Gasteiger partial charge in [0.05, 0.1) is 0 Å². The van der Waals surface area contributed by atoms with E-state index in [1.807, 2.05) is 0 Å². The summed E-state index contributed by atoms with van der Waals surface area (Å²) >= 11 is 0. The Hall–Kier alpha value is -1.10. The van der Waals surface area contributed by atoms with E-state index in [1.165, 1.54) is 0 Å². The summed E-state index contributed by atoms with van der Waals surface area (Å²) in [5.74, 6) is 0.785. The maximum Gasteiger partial charge on any atom is 0.321 e. The lowest BCUT2D eigenvalue weighted by atomic mass is 10.3. The number of hydrogen-bond acceptors (Lipinski definition) is 5. The summed E-state index contributed by atoms with van der Waals surface area (Å²) in [5, 5.41) is 6.97. The highest BCUT2D eigenvalue weighted by atomic mass is 16.5. The fourth-order valence-corrected chi connectivity index (χ4v) is 1.24. The number of nitrogens with zero attached hydrogens (tertiary/aromatic N) is 3. The number of hydrogen-bond donors (Lipinski definition) is 1. The van der Waals surface area contributed by atoms with E-state index in [0.717, 1.165) is 38.2 Å². The zero-order valence-electron chi connectivity index (χ0n) is 9.79. The van der Waals surface area contributed by atoms with E-state index in [0.29, 0.717) is 6.01 Å². The van der Waals surface area contributed by atoms with Crippen molar-refractivity contribution < 1.29 is 4.52 Å². The molecule has 0 unspecified atom stereocenters. The molecule has 5 heteroatoms. The molecule has 1 heterocycles. The van der Waals surface area contributed by atoms with Crippen LogP contribution in [0.4, 0.5) is 6.01 Å². The Bertz CT molecular complexity index is 272. The summed E-state index contributed by atoms with van der Waals surface area (Å²) in [6.45, 7) is 4.02. The first-order chi connectivity index (χ1) is 7.22. The Morgan fingerprint density at radius 1 is 1.40 bits per heavy atom. The molecule has 1 aromatic heterocycles. The Labute approximate surface area is 90.8 Å². The Morgan fingerprint density at radius 2 is 2.20 bits per heavy atom. The molecule has 1 N–H and O–H groups in total. The SMILES string of the molecule is CCCc1noc(NCCCN(C)C)n1. The molecular formula is C10H20N4O. The van der Waals surface area contributed by atoms with Crippen LogP contribution >= 0.6 is 0 Å². The number of anilines is 1. The number of aromatic nitrogens is 2. The molecule has 0 saturated heterocycles. The minimum Gasteiger partial charge on any atom is -0.338 e. The van der Waals surface area contributed by atoms with Crippen LogP contribution in [0, 0.1) is 0 Å². The Morgan fingerprint density at radius 3 is 2.87 bits per heavy atom. The molecule has 0 bridgehead atoms. The predicted molar refractivity (Wildman–Crippen MR) is 60.0 cm³/mol. The second-order valence-electron chi connectivity index (χ2n) is 3.85. The van der Waals surface area contributed by atoms with Gasteiger partial charge in [0, 0.05) is 13.0 Å². The molecule has 1 aromatic rings. The van der Waals surface area contributed by atoms with Crippen molar-refractivity contribution in [1.82, 2.24) is 15.0 Å². The summed E-state index contributed by atoms with van der Waals surface area (Å²) < 4.78 is 5.04. The molecule has 0 aliphatic carbocycles. The monoisotopic (exact) mass is 212 g/mol. The Kier molecular flexibility index (Phi) is 5.10. The van der Waals surface area contributed by atoms with Gasteiger partial charge in [-0.1, -0.05) is 12.1 Å². The van der Waals surface area contributed by atoms with Gasteiger partial charge in [0.2, 0.25) is 0 Å². The smallest absolute Gasteiger partial charge is 0.321 e. The number of rotatable bonds is 7. The molecular weight excluding hydrogens is 192 g/mol. The summed E-state index contributed by atoms with van der Waals surface area (Å²) in [6.07, 6.45) is 2.99. The first-order valence-corrected chi connectivity index (χ1v) is 5.43. The van der Waals surface area contributed by atoms with Crippen LogP contribution in [0.25, 0.3) is 0 Å². The van der Waals surface area contributed by atoms with Gasteiger partial charge in [-0.15, -0.1) is 0 Å². The third-order valence-electron chi connectivity index (χ3n) is 2.00. The zero-order valence-corrected chi connectivity index (χ0v) is 9.79. The van der Waals surface area contributed by atoms with Crippen molar-refractivity contribution in [2.24, 2.45) is 0 Å². The van der Waals surface area contributed by atoms with Crippen molar-refractivity contribution in [3.05, 3.63) is 5.82 Å². The fraction of sp³-hybridized carbons (Fsp3) is 0.800. The van der Waals surface area contributed by atoms with Crippen molar-refractivity contribution >= 4 is 6.01 Å². The van der Waals surface area contributed by atoms with E-state index in [1.54, 1.807) is 0 Å². The molecule has 86 valence electrons. The lowest BCUT2D eigenvalue weighted by Crippen LogP contribution is -2.16. The molecule has 0 amide bonds. The topological polar surface area (TPSA) is 54.2 Å². The highest BCUT2D eigenvalue weighted by molar-refractivity contribution is 5.17. The first-order valence-electron chi connectivity index (χ1n) is 5.43. The summed E-state index contributed by atoms with van der Waals surface area (Å²) in [4.78, 5) is 6.36. The molecule has 0 atom stereocenters. The molecule has 0 aliphatic rings. The van der Waals surface area contributed by atoms with Crippen LogP contribution in [-0.2, 0) is 6.42 Å². The largest absolute Gasteiger partial charge is 0.338 e. The molecule has 0 fully saturated rings. The quantitative estimate of drug-likeness (QED) is 0.692. The third-order valence-corrected chi connectivity index (χ3v) is 2.00. The fourth-order valence-electron chi connectivity index (χ4n) is 1.24. The molecule has 5 nitrogen and oxygen atoms in total. The zero-order chi connectivity index (χ0) is 11.1. The average Bonchev–Trinajstić information content (AvgIpc) is 2.61. The molecule has 0 spiro atoms. The first kappa shape index (κ1) is 12.0. The Balaban J connectivity index is 2.19. The third kappa shape index (κ3) is 4.78. The molecule has 0 aromatic carbocycles. The highest BCUT2D eigenvalue weighted by Gasteiger charge is 2.03. The van der Waals surface area contributed by atoms with Gasteiger partial charge in [0.1, 0.15) is 0 Å². The minimum atomic E-state index is 0.539. The van der Waals surface area contributed by atoms with Crippen molar-refractivity contribution in [2.75, 3.05) is 32.5 Å². The van der Waals surface area contributed by atoms with E-state index < -0.39 is 0 Å². The second kappa shape index (κ2) is 6.40. The van der Waals surface area contributed by atoms with Crippen LogP contribution < -0.4 is 5.32 Å². The number of nitrogens with one attached hydrogen (secondary N) is 1. The van der Waals surface area contributed by atoms with E-state index in [-0.39, 0.29) is 0 Å². The van der Waals surface area contributed by atoms with E-state index in [4.69, 9.17) is 4.52 Å². The van der Waals surface area contributed by atoms with Gasteiger partial charge in [0.25, 0.3) is 0 Å². The van der Waals surface area contributed by atoms with Crippen molar-refractivity contribution in [3.8, 4) is 0 Å². The van der Waals surface area contributed by atoms with Crippen molar-refractivity contribution in [3.63, 3.8) is 0 Å². The van der Waals surface area contributed by atoms with Gasteiger partial charge in [-0.3, -0.25) is 0 Å². The van der Waals surface area contributed by atoms with Gasteiger partial charge in [-0.25, -0.2) is 0 Å². The van der Waals surface area contributed by atoms with E-state index >= 15 is 0 Å². The maximum absolute atomic E-state index is 5.04. The lowest BCUT2D eigenvalue weighted by molar-refractivity contribution is 0.399. The summed E-state index contributed by atoms with van der Waals surface area (Å²) in [6, 6.07) is 0.539. The van der Waals surface area contributed by atoms with Gasteiger partial charge in [0.15, 0.2) is 5.82 Å². The van der Waals surface area contributed by atoms with Gasteiger partial charge < -0.3 is 14.7 Å². The van der Waals surface area contributed by atoms with Crippen LogP contribution in [0.3, 0.4) is 0 Å². The second-order valence-corrected chi connectivity index (χ2v) is 3.85. The summed E-state index contributed by atoms with van der Waals surface area (Å²) in [7, 11) is 4.12. The van der Waals surface area contributed by atoms with E-state index in [9.17, 15) is 0 Å². The van der Waals surface area contributed by atoms with Crippen molar-refractivity contribution in [1.29, 1.82) is 0 Å². The molecule has 0 radical (unpaired) electrons. The normalized spacial score (nSPS) is 10.9. The predicted octanol–water partition coefficient (Wildman–Crippen LogP) is 1.39. The van der Waals surface area contributed by atoms with Gasteiger partial charge >= 0.3 is 6.01 Å². The number of aryl methyl sites for hydroxylation is 1. The van der Waals surface area contributed by atoms with Crippen LogP contribution in [-0.4, -0.2) is 42.2 Å². The van der Waals surface area contributed by atoms with Crippen LogP contribution in [0.5, 0.6) is 0 Å². The highest BCUT2D eigenvalue weighted by Crippen LogP contribution is 2.04.